The molecule has 36 heavy (non-hydrogen) atoms. The van der Waals surface area contributed by atoms with E-state index in [1.807, 2.05) is 17.8 Å². The summed E-state index contributed by atoms with van der Waals surface area (Å²) in [4.78, 5) is 29.3. The van der Waals surface area contributed by atoms with Crippen LogP contribution in [-0.2, 0) is 14.8 Å². The van der Waals surface area contributed by atoms with Crippen molar-refractivity contribution >= 4 is 32.9 Å². The van der Waals surface area contributed by atoms with E-state index in [9.17, 15) is 23.3 Å². The molecule has 1 atom stereocenters. The van der Waals surface area contributed by atoms with Crippen LogP contribution < -0.4 is 15.4 Å². The van der Waals surface area contributed by atoms with Gasteiger partial charge in [0, 0.05) is 38.4 Å². The van der Waals surface area contributed by atoms with Crippen molar-refractivity contribution in [3.8, 4) is 0 Å². The van der Waals surface area contributed by atoms with E-state index in [1.165, 1.54) is 24.4 Å². The van der Waals surface area contributed by atoms with Gasteiger partial charge < -0.3 is 20.3 Å². The minimum atomic E-state index is -4.38. The molecule has 1 saturated heterocycles. The van der Waals surface area contributed by atoms with Gasteiger partial charge in [-0.15, -0.1) is 0 Å². The van der Waals surface area contributed by atoms with E-state index in [4.69, 9.17) is 4.74 Å². The van der Waals surface area contributed by atoms with Crippen LogP contribution in [-0.4, -0.2) is 81.6 Å². The lowest BCUT2D eigenvalue weighted by molar-refractivity contribution is -0.384. The van der Waals surface area contributed by atoms with Gasteiger partial charge in [0.1, 0.15) is 11.4 Å². The number of pyridine rings is 1. The molecule has 0 radical (unpaired) electrons. The number of benzene rings is 1. The first kappa shape index (κ1) is 25.7. The minimum absolute atomic E-state index is 0.0814. The average molecular weight is 517 g/mol. The van der Waals surface area contributed by atoms with Crippen molar-refractivity contribution in [2.75, 3.05) is 51.7 Å². The fraction of sp³-hybridized carbons (Fsp3) is 0.391. The first-order valence-corrected chi connectivity index (χ1v) is 13.0. The summed E-state index contributed by atoms with van der Waals surface area (Å²) in [6.07, 6.45) is 4.24. The molecule has 0 bridgehead atoms. The maximum atomic E-state index is 12.8. The van der Waals surface area contributed by atoms with Gasteiger partial charge in [0.25, 0.3) is 21.6 Å². The molecule has 192 valence electrons. The number of nitrogens with one attached hydrogen (secondary N) is 3. The van der Waals surface area contributed by atoms with Gasteiger partial charge in [0.15, 0.2) is 0 Å². The highest BCUT2D eigenvalue weighted by molar-refractivity contribution is 7.90. The van der Waals surface area contributed by atoms with Crippen molar-refractivity contribution in [1.29, 1.82) is 0 Å². The van der Waals surface area contributed by atoms with Crippen LogP contribution in [0.25, 0.3) is 5.57 Å². The molecule has 1 fully saturated rings. The average Bonchev–Trinajstić information content (AvgIpc) is 2.87. The number of nitro groups is 1. The quantitative estimate of drug-likeness (QED) is 0.344. The molecule has 0 saturated carbocycles. The fourth-order valence-electron chi connectivity index (χ4n) is 4.03. The number of likely N-dealkylation sites (N-methyl/N-ethyl adjacent to an activating group) is 1. The predicted octanol–water partition coefficient (Wildman–Crippen LogP) is 1.23. The van der Waals surface area contributed by atoms with Crippen LogP contribution in [0.3, 0.4) is 0 Å². The van der Waals surface area contributed by atoms with E-state index in [0.29, 0.717) is 19.7 Å². The van der Waals surface area contributed by atoms with Crippen LogP contribution in [0.2, 0.25) is 0 Å². The Bertz CT molecular complexity index is 1260. The Balaban J connectivity index is 1.45. The number of rotatable bonds is 8. The summed E-state index contributed by atoms with van der Waals surface area (Å²) in [6, 6.07) is 6.60. The maximum absolute atomic E-state index is 12.8. The number of aromatic nitrogens is 1. The number of ether oxygens (including phenoxy) is 1. The lowest BCUT2D eigenvalue weighted by Gasteiger charge is -2.30. The molecule has 13 heteroatoms. The van der Waals surface area contributed by atoms with E-state index in [1.54, 1.807) is 6.07 Å². The summed E-state index contributed by atoms with van der Waals surface area (Å²) in [5, 5.41) is 17.8. The molecule has 3 heterocycles. The van der Waals surface area contributed by atoms with E-state index in [0.717, 1.165) is 43.3 Å². The zero-order valence-electron chi connectivity index (χ0n) is 19.8. The highest BCUT2D eigenvalue weighted by atomic mass is 32.2. The molecule has 1 amide bonds. The van der Waals surface area contributed by atoms with Gasteiger partial charge in [0.2, 0.25) is 0 Å². The topological polar surface area (TPSA) is 156 Å². The third kappa shape index (κ3) is 6.23. The Kier molecular flexibility index (Phi) is 7.94. The highest BCUT2D eigenvalue weighted by Gasteiger charge is 2.25. The lowest BCUT2D eigenvalue weighted by Crippen LogP contribution is -2.43. The molecular formula is C23H28N6O6S. The van der Waals surface area contributed by atoms with Gasteiger partial charge in [0.05, 0.1) is 22.5 Å². The largest absolute Gasteiger partial charge is 0.377 e. The minimum Gasteiger partial charge on any atom is -0.377 e. The second-order valence-electron chi connectivity index (χ2n) is 8.62. The molecule has 3 N–H and O–H groups in total. The molecule has 2 aliphatic rings. The molecular weight excluding hydrogens is 488 g/mol. The summed E-state index contributed by atoms with van der Waals surface area (Å²) >= 11 is 0. The van der Waals surface area contributed by atoms with Crippen molar-refractivity contribution < 1.29 is 22.9 Å². The Morgan fingerprint density at radius 3 is 2.83 bits per heavy atom. The van der Waals surface area contributed by atoms with Crippen LogP contribution in [0.5, 0.6) is 0 Å². The molecule has 1 aromatic carbocycles. The molecule has 0 spiro atoms. The SMILES string of the molecule is CN1CCOC(CNc2ccc(S(=O)(=O)NC(=O)c3ccc(C4=CCNCC4)cn3)cc2[N+](=O)[O-])C1. The van der Waals surface area contributed by atoms with Crippen molar-refractivity contribution in [3.05, 3.63) is 64.0 Å². The standard InChI is InChI=1S/C23H28N6O6S/c1-28-10-11-35-18(15-28)14-26-20-5-3-19(12-22(20)29(31)32)36(33,34)27-23(30)21-4-2-17(13-25-21)16-6-8-24-9-7-16/h2-6,12-13,18,24,26H,7-11,14-15H2,1H3,(H,27,30). The monoisotopic (exact) mass is 516 g/mol. The molecule has 2 aliphatic heterocycles. The third-order valence-electron chi connectivity index (χ3n) is 6.00. The van der Waals surface area contributed by atoms with Gasteiger partial charge in [-0.3, -0.25) is 19.9 Å². The second-order valence-corrected chi connectivity index (χ2v) is 10.3. The third-order valence-corrected chi connectivity index (χ3v) is 7.32. The van der Waals surface area contributed by atoms with Gasteiger partial charge in [-0.25, -0.2) is 13.1 Å². The molecule has 2 aromatic rings. The second kappa shape index (κ2) is 11.1. The number of hydrogen-bond acceptors (Lipinski definition) is 10. The first-order valence-electron chi connectivity index (χ1n) is 11.5. The zero-order chi connectivity index (χ0) is 25.7. The highest BCUT2D eigenvalue weighted by Crippen LogP contribution is 2.28. The number of morpholine rings is 1. The summed E-state index contributed by atoms with van der Waals surface area (Å²) < 4.78 is 33.2. The van der Waals surface area contributed by atoms with Crippen LogP contribution in [0.15, 0.2) is 47.5 Å². The smallest absolute Gasteiger partial charge is 0.293 e. The van der Waals surface area contributed by atoms with Crippen LogP contribution in [0.1, 0.15) is 22.5 Å². The number of nitro benzene ring substituents is 1. The molecule has 0 aliphatic carbocycles. The predicted molar refractivity (Wildman–Crippen MR) is 133 cm³/mol. The number of amides is 1. The molecule has 12 nitrogen and oxygen atoms in total. The van der Waals surface area contributed by atoms with Crippen molar-refractivity contribution in [2.24, 2.45) is 0 Å². The number of carbonyl (C=O) groups is 1. The first-order chi connectivity index (χ1) is 17.2. The van der Waals surface area contributed by atoms with Crippen molar-refractivity contribution in [1.82, 2.24) is 19.9 Å². The Labute approximate surface area is 208 Å². The number of carbonyl (C=O) groups excluding carboxylic acids is 1. The van der Waals surface area contributed by atoms with Gasteiger partial charge >= 0.3 is 0 Å². The molecule has 4 rings (SSSR count). The van der Waals surface area contributed by atoms with E-state index < -0.39 is 31.4 Å². The van der Waals surface area contributed by atoms with E-state index in [-0.39, 0.29) is 17.5 Å². The molecule has 1 unspecified atom stereocenters. The normalized spacial score (nSPS) is 18.8. The summed E-state index contributed by atoms with van der Waals surface area (Å²) in [5.41, 5.74) is 1.62. The van der Waals surface area contributed by atoms with E-state index in [2.05, 4.69) is 20.5 Å². The van der Waals surface area contributed by atoms with Crippen LogP contribution in [0, 0.1) is 10.1 Å². The summed E-state index contributed by atoms with van der Waals surface area (Å²) in [5.74, 6) is -0.927. The number of anilines is 1. The zero-order valence-corrected chi connectivity index (χ0v) is 20.6. The lowest BCUT2D eigenvalue weighted by atomic mass is 10.0. The Morgan fingerprint density at radius 2 is 2.17 bits per heavy atom. The van der Waals surface area contributed by atoms with Crippen LogP contribution >= 0.6 is 0 Å². The van der Waals surface area contributed by atoms with Crippen molar-refractivity contribution in [3.63, 3.8) is 0 Å². The van der Waals surface area contributed by atoms with Crippen LogP contribution in [0.4, 0.5) is 11.4 Å². The van der Waals surface area contributed by atoms with Crippen molar-refractivity contribution in [2.45, 2.75) is 17.4 Å². The fourth-order valence-corrected chi connectivity index (χ4v) is 5.01. The Hall–Kier alpha value is -3.39. The maximum Gasteiger partial charge on any atom is 0.293 e. The number of nitrogens with zero attached hydrogens (tertiary/aromatic N) is 3. The van der Waals surface area contributed by atoms with Gasteiger partial charge in [-0.2, -0.15) is 0 Å². The van der Waals surface area contributed by atoms with Gasteiger partial charge in [-0.1, -0.05) is 12.1 Å². The molecule has 1 aromatic heterocycles. The summed E-state index contributed by atoms with van der Waals surface area (Å²) in [6.45, 7) is 3.96. The number of sulfonamides is 1. The summed E-state index contributed by atoms with van der Waals surface area (Å²) in [7, 11) is -2.42. The Morgan fingerprint density at radius 1 is 1.33 bits per heavy atom. The van der Waals surface area contributed by atoms with E-state index >= 15 is 0 Å². The van der Waals surface area contributed by atoms with Gasteiger partial charge in [-0.05, 0) is 49.3 Å². The number of hydrogen-bond donors (Lipinski definition) is 3.